The van der Waals surface area contributed by atoms with Crippen molar-refractivity contribution in [1.82, 2.24) is 5.32 Å². The number of alkyl halides is 1. The molecule has 1 aromatic carbocycles. The largest absolute Gasteiger partial charge is 0.355 e. The van der Waals surface area contributed by atoms with Gasteiger partial charge in [-0.2, -0.15) is 0 Å². The van der Waals surface area contributed by atoms with E-state index in [1.807, 2.05) is 0 Å². The van der Waals surface area contributed by atoms with Gasteiger partial charge >= 0.3 is 0 Å². The second-order valence-electron chi connectivity index (χ2n) is 2.97. The molecule has 1 N–H and O–H groups in total. The Hall–Kier alpha value is -0.800. The van der Waals surface area contributed by atoms with Crippen LogP contribution in [0.4, 0.5) is 4.39 Å². The Kier molecular flexibility index (Phi) is 4.85. The summed E-state index contributed by atoms with van der Waals surface area (Å²) in [6, 6.07) is 4.47. The predicted octanol–water partition coefficient (Wildman–Crippen LogP) is 2.38. The molecule has 0 aliphatic carbocycles. The van der Waals surface area contributed by atoms with Crippen molar-refractivity contribution in [3.63, 3.8) is 0 Å². The second kappa shape index (κ2) is 5.93. The van der Waals surface area contributed by atoms with Gasteiger partial charge < -0.3 is 5.32 Å². The number of rotatable bonds is 4. The lowest BCUT2D eigenvalue weighted by Gasteiger charge is -2.04. The topological polar surface area (TPSA) is 29.1 Å². The fourth-order valence-corrected chi connectivity index (χ4v) is 1.36. The van der Waals surface area contributed by atoms with Crippen molar-refractivity contribution in [2.45, 2.75) is 6.42 Å². The van der Waals surface area contributed by atoms with Crippen LogP contribution in [0.25, 0.3) is 0 Å². The average molecular weight is 250 g/mol. The molecule has 0 aromatic heterocycles. The standard InChI is InChI=1S/C10H10Cl2FNO/c11-6-10(15)14-4-3-7-1-2-8(12)5-9(7)13/h1-2,5H,3-4,6H2,(H,14,15). The van der Waals surface area contributed by atoms with E-state index in [-0.39, 0.29) is 17.6 Å². The Bertz CT molecular complexity index is 357. The molecule has 0 spiro atoms. The SMILES string of the molecule is O=C(CCl)NCCc1ccc(Cl)cc1F. The Balaban J connectivity index is 2.47. The summed E-state index contributed by atoms with van der Waals surface area (Å²) in [5.74, 6) is -0.697. The molecule has 82 valence electrons. The van der Waals surface area contributed by atoms with Crippen molar-refractivity contribution in [3.05, 3.63) is 34.6 Å². The van der Waals surface area contributed by atoms with E-state index >= 15 is 0 Å². The van der Waals surface area contributed by atoms with E-state index in [1.165, 1.54) is 6.07 Å². The van der Waals surface area contributed by atoms with E-state index in [1.54, 1.807) is 12.1 Å². The maximum Gasteiger partial charge on any atom is 0.234 e. The molecule has 1 aromatic rings. The lowest BCUT2D eigenvalue weighted by atomic mass is 10.1. The molecule has 0 atom stereocenters. The first-order valence-corrected chi connectivity index (χ1v) is 5.31. The summed E-state index contributed by atoms with van der Waals surface area (Å²) in [5.41, 5.74) is 0.522. The normalized spacial score (nSPS) is 10.1. The smallest absolute Gasteiger partial charge is 0.234 e. The highest BCUT2D eigenvalue weighted by Crippen LogP contribution is 2.14. The molecule has 0 radical (unpaired) electrons. The average Bonchev–Trinajstić information content (AvgIpc) is 2.21. The van der Waals surface area contributed by atoms with Crippen LogP contribution in [0.2, 0.25) is 5.02 Å². The van der Waals surface area contributed by atoms with E-state index < -0.39 is 0 Å². The van der Waals surface area contributed by atoms with Gasteiger partial charge in [0.2, 0.25) is 5.91 Å². The van der Waals surface area contributed by atoms with Crippen LogP contribution >= 0.6 is 23.2 Å². The van der Waals surface area contributed by atoms with Gasteiger partial charge in [0.1, 0.15) is 11.7 Å². The summed E-state index contributed by atoms with van der Waals surface area (Å²) in [6.07, 6.45) is 0.422. The number of carbonyl (C=O) groups excluding carboxylic acids is 1. The van der Waals surface area contributed by atoms with Crippen LogP contribution in [0.1, 0.15) is 5.56 Å². The van der Waals surface area contributed by atoms with E-state index in [0.29, 0.717) is 23.6 Å². The minimum absolute atomic E-state index is 0.0803. The van der Waals surface area contributed by atoms with Gasteiger partial charge in [-0.1, -0.05) is 17.7 Å². The first-order valence-electron chi connectivity index (χ1n) is 4.40. The van der Waals surface area contributed by atoms with Gasteiger partial charge in [0.25, 0.3) is 0 Å². The lowest BCUT2D eigenvalue weighted by molar-refractivity contribution is -0.118. The van der Waals surface area contributed by atoms with Crippen molar-refractivity contribution in [1.29, 1.82) is 0 Å². The molecular formula is C10H10Cl2FNO. The minimum atomic E-state index is -0.359. The number of benzene rings is 1. The van der Waals surface area contributed by atoms with Gasteiger partial charge in [-0.3, -0.25) is 4.79 Å². The van der Waals surface area contributed by atoms with Crippen molar-refractivity contribution < 1.29 is 9.18 Å². The lowest BCUT2D eigenvalue weighted by Crippen LogP contribution is -2.26. The number of amides is 1. The molecule has 0 bridgehead atoms. The van der Waals surface area contributed by atoms with E-state index in [2.05, 4.69) is 5.32 Å². The molecule has 0 saturated carbocycles. The Morgan fingerprint density at radius 3 is 2.80 bits per heavy atom. The maximum absolute atomic E-state index is 13.2. The molecule has 0 unspecified atom stereocenters. The molecule has 0 heterocycles. The molecule has 0 aliphatic rings. The predicted molar refractivity (Wildman–Crippen MR) is 58.8 cm³/mol. The van der Waals surface area contributed by atoms with Crippen LogP contribution in [0.3, 0.4) is 0 Å². The van der Waals surface area contributed by atoms with Crippen LogP contribution in [0, 0.1) is 5.82 Å². The highest BCUT2D eigenvalue weighted by atomic mass is 35.5. The third-order valence-corrected chi connectivity index (χ3v) is 2.33. The first-order chi connectivity index (χ1) is 7.13. The summed E-state index contributed by atoms with van der Waals surface area (Å²) in [5, 5.41) is 2.91. The highest BCUT2D eigenvalue weighted by molar-refractivity contribution is 6.30. The van der Waals surface area contributed by atoms with Gasteiger partial charge in [-0.15, -0.1) is 11.6 Å². The van der Waals surface area contributed by atoms with Crippen LogP contribution in [-0.4, -0.2) is 18.3 Å². The summed E-state index contributed by atoms with van der Waals surface area (Å²) >= 11 is 10.9. The van der Waals surface area contributed by atoms with Gasteiger partial charge in [0.05, 0.1) is 0 Å². The van der Waals surface area contributed by atoms with Gasteiger partial charge in [0, 0.05) is 11.6 Å². The molecule has 0 fully saturated rings. The van der Waals surface area contributed by atoms with E-state index in [0.717, 1.165) is 0 Å². The Labute approximate surface area is 97.4 Å². The molecule has 1 rings (SSSR count). The zero-order valence-corrected chi connectivity index (χ0v) is 9.41. The van der Waals surface area contributed by atoms with Crippen LogP contribution in [0.5, 0.6) is 0 Å². The fourth-order valence-electron chi connectivity index (χ4n) is 1.11. The van der Waals surface area contributed by atoms with Crippen LogP contribution < -0.4 is 5.32 Å². The first kappa shape index (κ1) is 12.3. The molecule has 5 heteroatoms. The Morgan fingerprint density at radius 2 is 2.20 bits per heavy atom. The van der Waals surface area contributed by atoms with E-state index in [9.17, 15) is 9.18 Å². The minimum Gasteiger partial charge on any atom is -0.355 e. The fraction of sp³-hybridized carbons (Fsp3) is 0.300. The van der Waals surface area contributed by atoms with E-state index in [4.69, 9.17) is 23.2 Å². The molecule has 1 amide bonds. The van der Waals surface area contributed by atoms with Crippen molar-refractivity contribution in [2.24, 2.45) is 0 Å². The summed E-state index contributed by atoms with van der Waals surface area (Å²) < 4.78 is 13.2. The van der Waals surface area contributed by atoms with Gasteiger partial charge in [0.15, 0.2) is 0 Å². The van der Waals surface area contributed by atoms with Crippen LogP contribution in [0.15, 0.2) is 18.2 Å². The maximum atomic E-state index is 13.2. The summed E-state index contributed by atoms with van der Waals surface area (Å²) in [7, 11) is 0. The number of nitrogens with one attached hydrogen (secondary N) is 1. The van der Waals surface area contributed by atoms with Gasteiger partial charge in [-0.25, -0.2) is 4.39 Å². The number of halogens is 3. The highest BCUT2D eigenvalue weighted by Gasteiger charge is 2.03. The third kappa shape index (κ3) is 4.06. The molecule has 0 saturated heterocycles. The van der Waals surface area contributed by atoms with Crippen molar-refractivity contribution >= 4 is 29.1 Å². The second-order valence-corrected chi connectivity index (χ2v) is 3.67. The quantitative estimate of drug-likeness (QED) is 0.816. The summed E-state index contributed by atoms with van der Waals surface area (Å²) in [6.45, 7) is 0.365. The molecule has 15 heavy (non-hydrogen) atoms. The third-order valence-electron chi connectivity index (χ3n) is 1.85. The zero-order valence-electron chi connectivity index (χ0n) is 7.90. The van der Waals surface area contributed by atoms with Crippen LogP contribution in [-0.2, 0) is 11.2 Å². The molecule has 0 aliphatic heterocycles. The number of hydrogen-bond acceptors (Lipinski definition) is 1. The summed E-state index contributed by atoms with van der Waals surface area (Å²) in [4.78, 5) is 10.8. The molecule has 2 nitrogen and oxygen atoms in total. The van der Waals surface area contributed by atoms with Crippen molar-refractivity contribution in [2.75, 3.05) is 12.4 Å². The van der Waals surface area contributed by atoms with Gasteiger partial charge in [-0.05, 0) is 24.1 Å². The van der Waals surface area contributed by atoms with Crippen molar-refractivity contribution in [3.8, 4) is 0 Å². The monoisotopic (exact) mass is 249 g/mol. The molecular weight excluding hydrogens is 240 g/mol. The Morgan fingerprint density at radius 1 is 1.47 bits per heavy atom. The zero-order chi connectivity index (χ0) is 11.3. The number of carbonyl (C=O) groups is 1. The number of hydrogen-bond donors (Lipinski definition) is 1.